The van der Waals surface area contributed by atoms with Gasteiger partial charge in [-0.15, -0.1) is 16.9 Å². The molecule has 1 aromatic heterocycles. The van der Waals surface area contributed by atoms with Crippen molar-refractivity contribution >= 4 is 25.2 Å². The highest BCUT2D eigenvalue weighted by atomic mass is 32.2. The van der Waals surface area contributed by atoms with Crippen LogP contribution in [-0.2, 0) is 6.54 Å². The van der Waals surface area contributed by atoms with Crippen LogP contribution >= 0.6 is 11.8 Å². The first kappa shape index (κ1) is 13.4. The molecule has 0 N–H and O–H groups in total. The van der Waals surface area contributed by atoms with Gasteiger partial charge >= 0.3 is 0 Å². The van der Waals surface area contributed by atoms with Gasteiger partial charge in [-0.2, -0.15) is 0 Å². The van der Waals surface area contributed by atoms with E-state index < -0.39 is 8.07 Å². The van der Waals surface area contributed by atoms with Gasteiger partial charge < -0.3 is 0 Å². The van der Waals surface area contributed by atoms with Crippen LogP contribution in [0, 0.1) is 0 Å². The van der Waals surface area contributed by atoms with Gasteiger partial charge in [-0.3, -0.25) is 0 Å². The first-order valence-corrected chi connectivity index (χ1v) is 10.8. The normalized spacial score (nSPS) is 11.8. The average molecular weight is 277 g/mol. The largest absolute Gasteiger partial charge is 0.235 e. The maximum atomic E-state index is 4.41. The second kappa shape index (κ2) is 5.28. The Morgan fingerprint density at radius 2 is 1.83 bits per heavy atom. The molecular weight excluding hydrogens is 258 g/mol. The molecule has 0 spiro atoms. The molecule has 0 saturated heterocycles. The number of thioether (sulfide) groups is 1. The van der Waals surface area contributed by atoms with Crippen molar-refractivity contribution in [2.24, 2.45) is 0 Å². The van der Waals surface area contributed by atoms with E-state index in [4.69, 9.17) is 0 Å². The summed E-state index contributed by atoms with van der Waals surface area (Å²) >= 11 is 1.75. The van der Waals surface area contributed by atoms with Crippen molar-refractivity contribution in [2.45, 2.75) is 31.2 Å². The summed E-state index contributed by atoms with van der Waals surface area (Å²) in [5.74, 6) is 0. The molecule has 0 fully saturated rings. The lowest BCUT2D eigenvalue weighted by atomic mass is 10.2. The topological polar surface area (TPSA) is 30.7 Å². The lowest BCUT2D eigenvalue weighted by Gasteiger charge is -2.14. The van der Waals surface area contributed by atoms with Crippen LogP contribution in [-0.4, -0.2) is 29.3 Å². The molecule has 0 atom stereocenters. The second-order valence-electron chi connectivity index (χ2n) is 5.34. The van der Waals surface area contributed by atoms with Crippen LogP contribution in [0.2, 0.25) is 19.6 Å². The lowest BCUT2D eigenvalue weighted by molar-refractivity contribution is 0.605. The van der Waals surface area contributed by atoms with E-state index in [0.717, 1.165) is 6.54 Å². The molecule has 2 rings (SSSR count). The van der Waals surface area contributed by atoms with Gasteiger partial charge in [0.2, 0.25) is 0 Å². The maximum absolute atomic E-state index is 4.41. The summed E-state index contributed by atoms with van der Waals surface area (Å²) in [7, 11) is -1.41. The molecule has 3 nitrogen and oxygen atoms in total. The third kappa shape index (κ3) is 2.84. The van der Waals surface area contributed by atoms with Crippen molar-refractivity contribution < 1.29 is 0 Å². The summed E-state index contributed by atoms with van der Waals surface area (Å²) in [6.45, 7) is 7.73. The molecule has 1 aromatic carbocycles. The number of benzene rings is 1. The Morgan fingerprint density at radius 3 is 2.39 bits per heavy atom. The van der Waals surface area contributed by atoms with E-state index >= 15 is 0 Å². The molecule has 2 aromatic rings. The van der Waals surface area contributed by atoms with Gasteiger partial charge in [-0.1, -0.05) is 55.2 Å². The molecule has 0 bridgehead atoms. The highest BCUT2D eigenvalue weighted by molar-refractivity contribution is 7.98. The zero-order valence-electron chi connectivity index (χ0n) is 11.3. The standard InChI is InChI=1S/C13H19N3SSi/c1-17-13-12(18(2,3)4)14-15-16(13)10-11-8-6-5-7-9-11/h5-9H,10H2,1-4H3. The Morgan fingerprint density at radius 1 is 1.17 bits per heavy atom. The molecule has 5 heteroatoms. The zero-order valence-corrected chi connectivity index (χ0v) is 13.2. The van der Waals surface area contributed by atoms with Crippen molar-refractivity contribution in [3.05, 3.63) is 35.9 Å². The SMILES string of the molecule is CSc1c([Si](C)(C)C)nnn1Cc1ccccc1. The minimum atomic E-state index is -1.41. The molecule has 0 aliphatic rings. The van der Waals surface area contributed by atoms with Crippen molar-refractivity contribution in [1.29, 1.82) is 0 Å². The number of hydrogen-bond donors (Lipinski definition) is 0. The monoisotopic (exact) mass is 277 g/mol. The molecule has 0 unspecified atom stereocenters. The first-order chi connectivity index (χ1) is 8.52. The molecule has 96 valence electrons. The fraction of sp³-hybridized carbons (Fsp3) is 0.385. The van der Waals surface area contributed by atoms with Crippen LogP contribution in [0.3, 0.4) is 0 Å². The predicted molar refractivity (Wildman–Crippen MR) is 80.3 cm³/mol. The van der Waals surface area contributed by atoms with Crippen LogP contribution in [0.25, 0.3) is 0 Å². The van der Waals surface area contributed by atoms with E-state index in [1.807, 2.05) is 10.7 Å². The van der Waals surface area contributed by atoms with Crippen molar-refractivity contribution in [1.82, 2.24) is 15.0 Å². The van der Waals surface area contributed by atoms with E-state index in [1.165, 1.54) is 15.9 Å². The van der Waals surface area contributed by atoms with E-state index in [2.05, 4.69) is 60.5 Å². The van der Waals surface area contributed by atoms with Crippen LogP contribution < -0.4 is 5.32 Å². The Labute approximate surface area is 114 Å². The zero-order chi connectivity index (χ0) is 13.2. The molecule has 0 aliphatic heterocycles. The molecule has 0 saturated carbocycles. The summed E-state index contributed by atoms with van der Waals surface area (Å²) in [6.07, 6.45) is 2.10. The van der Waals surface area contributed by atoms with Gasteiger partial charge in [0.05, 0.1) is 11.9 Å². The Hall–Kier alpha value is -1.07. The van der Waals surface area contributed by atoms with Crippen LogP contribution in [0.15, 0.2) is 35.4 Å². The van der Waals surface area contributed by atoms with Crippen molar-refractivity contribution in [3.63, 3.8) is 0 Å². The van der Waals surface area contributed by atoms with E-state index in [0.29, 0.717) is 0 Å². The Balaban J connectivity index is 2.32. The molecule has 0 amide bonds. The molecule has 1 heterocycles. The van der Waals surface area contributed by atoms with Gasteiger partial charge in [0.25, 0.3) is 0 Å². The minimum Gasteiger partial charge on any atom is -0.235 e. The third-order valence-corrected chi connectivity index (χ3v) is 5.50. The third-order valence-electron chi connectivity index (χ3n) is 2.77. The number of rotatable bonds is 4. The Kier molecular flexibility index (Phi) is 3.92. The van der Waals surface area contributed by atoms with E-state index in [9.17, 15) is 0 Å². The number of nitrogens with zero attached hydrogens (tertiary/aromatic N) is 3. The average Bonchev–Trinajstić information content (AvgIpc) is 2.73. The summed E-state index contributed by atoms with van der Waals surface area (Å²) in [6, 6.07) is 10.4. The van der Waals surface area contributed by atoms with E-state index in [1.54, 1.807) is 11.8 Å². The van der Waals surface area contributed by atoms with Crippen LogP contribution in [0.4, 0.5) is 0 Å². The lowest BCUT2D eigenvalue weighted by Crippen LogP contribution is -2.40. The number of aromatic nitrogens is 3. The van der Waals surface area contributed by atoms with Gasteiger partial charge in [0.1, 0.15) is 13.1 Å². The quantitative estimate of drug-likeness (QED) is 0.636. The van der Waals surface area contributed by atoms with Crippen LogP contribution in [0.5, 0.6) is 0 Å². The molecule has 18 heavy (non-hydrogen) atoms. The van der Waals surface area contributed by atoms with E-state index in [-0.39, 0.29) is 0 Å². The van der Waals surface area contributed by atoms with Gasteiger partial charge in [0, 0.05) is 0 Å². The van der Waals surface area contributed by atoms with Gasteiger partial charge in [-0.25, -0.2) is 4.68 Å². The molecule has 0 radical (unpaired) electrons. The predicted octanol–water partition coefficient (Wildman–Crippen LogP) is 2.59. The van der Waals surface area contributed by atoms with Crippen molar-refractivity contribution in [3.8, 4) is 0 Å². The smallest absolute Gasteiger partial charge is 0.113 e. The highest BCUT2D eigenvalue weighted by Gasteiger charge is 2.26. The maximum Gasteiger partial charge on any atom is 0.113 e. The second-order valence-corrected chi connectivity index (χ2v) is 11.1. The highest BCUT2D eigenvalue weighted by Crippen LogP contribution is 2.16. The fourth-order valence-electron chi connectivity index (χ4n) is 1.84. The fourth-order valence-corrected chi connectivity index (χ4v) is 4.72. The summed E-state index contributed by atoms with van der Waals surface area (Å²) < 4.78 is 2.02. The van der Waals surface area contributed by atoms with Crippen molar-refractivity contribution in [2.75, 3.05) is 6.26 Å². The minimum absolute atomic E-state index is 0.800. The van der Waals surface area contributed by atoms with Gasteiger partial charge in [0.15, 0.2) is 0 Å². The first-order valence-electron chi connectivity index (χ1n) is 6.04. The van der Waals surface area contributed by atoms with Crippen LogP contribution in [0.1, 0.15) is 5.56 Å². The summed E-state index contributed by atoms with van der Waals surface area (Å²) in [5.41, 5.74) is 1.26. The molecular formula is C13H19N3SSi. The summed E-state index contributed by atoms with van der Waals surface area (Å²) in [4.78, 5) is 0. The summed E-state index contributed by atoms with van der Waals surface area (Å²) in [5, 5.41) is 11.2. The Bertz CT molecular complexity index is 517. The number of hydrogen-bond acceptors (Lipinski definition) is 3. The van der Waals surface area contributed by atoms with Gasteiger partial charge in [-0.05, 0) is 11.8 Å². The molecule has 0 aliphatic carbocycles.